The van der Waals surface area contributed by atoms with Crippen molar-refractivity contribution in [1.82, 2.24) is 4.31 Å². The van der Waals surface area contributed by atoms with Crippen LogP contribution in [0.5, 0.6) is 0 Å². The summed E-state index contributed by atoms with van der Waals surface area (Å²) < 4.78 is 51.2. The lowest BCUT2D eigenvalue weighted by Gasteiger charge is -2.21. The van der Waals surface area contributed by atoms with E-state index >= 15 is 0 Å². The number of allylic oxidation sites excluding steroid dienone is 1. The third kappa shape index (κ3) is 6.49. The van der Waals surface area contributed by atoms with Gasteiger partial charge in [0.05, 0.1) is 6.26 Å². The average Bonchev–Trinajstić information content (AvgIpc) is 2.58. The lowest BCUT2D eigenvalue weighted by atomic mass is 9.97. The second-order valence-corrected chi connectivity index (χ2v) is 8.43. The van der Waals surface area contributed by atoms with Crippen molar-refractivity contribution in [2.24, 2.45) is 0 Å². The highest BCUT2D eigenvalue weighted by atomic mass is 32.2. The monoisotopic (exact) mass is 386 g/mol. The zero-order chi connectivity index (χ0) is 19.2. The van der Waals surface area contributed by atoms with E-state index in [0.717, 1.165) is 37.7 Å². The van der Waals surface area contributed by atoms with Gasteiger partial charge in [0.1, 0.15) is 0 Å². The molecular formula is C18H24F2N2O3S. The predicted octanol–water partition coefficient (Wildman–Crippen LogP) is 3.45. The molecule has 2 rings (SSSR count). The van der Waals surface area contributed by atoms with E-state index in [0.29, 0.717) is 13.0 Å². The summed E-state index contributed by atoms with van der Waals surface area (Å²) in [5.41, 5.74) is 1.39. The standard InChI is InChI=1S/C18H24F2N2O3S/c1-26(24,25)22(11-9-14-5-3-2-4-6-14)12-10-18(23)21-15-7-8-16(19)17(20)13-15/h5,7-8,13H,2-4,6,9-12H2,1H3,(H,21,23). The summed E-state index contributed by atoms with van der Waals surface area (Å²) in [6.45, 7) is 0.380. The second kappa shape index (κ2) is 9.23. The van der Waals surface area contributed by atoms with Crippen molar-refractivity contribution in [3.05, 3.63) is 41.5 Å². The minimum atomic E-state index is -3.43. The maximum Gasteiger partial charge on any atom is 0.225 e. The SMILES string of the molecule is CS(=O)(=O)N(CCC(=O)Nc1ccc(F)c(F)c1)CCC1=CCCCC1. The molecule has 0 aliphatic heterocycles. The number of nitrogens with one attached hydrogen (secondary N) is 1. The highest BCUT2D eigenvalue weighted by molar-refractivity contribution is 7.88. The molecule has 1 amide bonds. The van der Waals surface area contributed by atoms with Crippen LogP contribution in [-0.2, 0) is 14.8 Å². The van der Waals surface area contributed by atoms with E-state index in [2.05, 4.69) is 11.4 Å². The summed E-state index contributed by atoms with van der Waals surface area (Å²) >= 11 is 0. The number of halogens is 2. The molecule has 1 aromatic carbocycles. The lowest BCUT2D eigenvalue weighted by molar-refractivity contribution is -0.116. The van der Waals surface area contributed by atoms with Gasteiger partial charge in [-0.3, -0.25) is 4.79 Å². The minimum Gasteiger partial charge on any atom is -0.326 e. The summed E-state index contributed by atoms with van der Waals surface area (Å²) in [4.78, 5) is 12.0. The fraction of sp³-hybridized carbons (Fsp3) is 0.500. The van der Waals surface area contributed by atoms with Crippen molar-refractivity contribution in [3.63, 3.8) is 0 Å². The molecule has 5 nitrogen and oxygen atoms in total. The van der Waals surface area contributed by atoms with Crippen LogP contribution in [0.4, 0.5) is 14.5 Å². The summed E-state index contributed by atoms with van der Waals surface area (Å²) in [7, 11) is -3.43. The fourth-order valence-corrected chi connectivity index (χ4v) is 3.71. The van der Waals surface area contributed by atoms with Crippen molar-refractivity contribution in [2.75, 3.05) is 24.7 Å². The van der Waals surface area contributed by atoms with Crippen LogP contribution < -0.4 is 5.32 Å². The van der Waals surface area contributed by atoms with Gasteiger partial charge in [0.15, 0.2) is 11.6 Å². The molecule has 0 unspecified atom stereocenters. The van der Waals surface area contributed by atoms with Crippen LogP contribution in [0.3, 0.4) is 0 Å². The first-order valence-electron chi connectivity index (χ1n) is 8.63. The van der Waals surface area contributed by atoms with Crippen LogP contribution in [0, 0.1) is 11.6 Å². The maximum absolute atomic E-state index is 13.2. The molecule has 0 saturated heterocycles. The number of anilines is 1. The molecule has 1 aliphatic rings. The molecule has 1 N–H and O–H groups in total. The number of carbonyl (C=O) groups is 1. The quantitative estimate of drug-likeness (QED) is 0.696. The molecule has 0 atom stereocenters. The van der Waals surface area contributed by atoms with Crippen molar-refractivity contribution < 1.29 is 22.0 Å². The molecule has 0 saturated carbocycles. The molecule has 0 spiro atoms. The van der Waals surface area contributed by atoms with Crippen LogP contribution in [0.1, 0.15) is 38.5 Å². The average molecular weight is 386 g/mol. The van der Waals surface area contributed by atoms with Gasteiger partial charge in [0, 0.05) is 31.3 Å². The number of carbonyl (C=O) groups excluding carboxylic acids is 1. The Morgan fingerprint density at radius 2 is 1.96 bits per heavy atom. The van der Waals surface area contributed by atoms with Gasteiger partial charge in [-0.25, -0.2) is 21.5 Å². The number of amides is 1. The molecule has 144 valence electrons. The zero-order valence-corrected chi connectivity index (χ0v) is 15.6. The van der Waals surface area contributed by atoms with E-state index in [-0.39, 0.29) is 18.7 Å². The lowest BCUT2D eigenvalue weighted by Crippen LogP contribution is -2.34. The van der Waals surface area contributed by atoms with Crippen molar-refractivity contribution in [3.8, 4) is 0 Å². The van der Waals surface area contributed by atoms with Crippen LogP contribution in [0.2, 0.25) is 0 Å². The topological polar surface area (TPSA) is 66.5 Å². The van der Waals surface area contributed by atoms with Crippen LogP contribution in [-0.4, -0.2) is 38.0 Å². The van der Waals surface area contributed by atoms with Crippen LogP contribution in [0.15, 0.2) is 29.8 Å². The molecule has 0 aromatic heterocycles. The Bertz CT molecular complexity index is 779. The Kier molecular flexibility index (Phi) is 7.28. The van der Waals surface area contributed by atoms with Crippen LogP contribution in [0.25, 0.3) is 0 Å². The Balaban J connectivity index is 1.88. The van der Waals surface area contributed by atoms with Gasteiger partial charge in [0.25, 0.3) is 0 Å². The summed E-state index contributed by atoms with van der Waals surface area (Å²) in [6.07, 6.45) is 8.21. The smallest absolute Gasteiger partial charge is 0.225 e. The molecule has 0 heterocycles. The number of nitrogens with zero attached hydrogens (tertiary/aromatic N) is 1. The molecule has 26 heavy (non-hydrogen) atoms. The van der Waals surface area contributed by atoms with E-state index in [1.807, 2.05) is 0 Å². The number of sulfonamides is 1. The Morgan fingerprint density at radius 1 is 1.19 bits per heavy atom. The van der Waals surface area contributed by atoms with E-state index in [1.165, 1.54) is 22.4 Å². The van der Waals surface area contributed by atoms with E-state index in [1.54, 1.807) is 0 Å². The first-order chi connectivity index (χ1) is 12.3. The first kappa shape index (κ1) is 20.5. The van der Waals surface area contributed by atoms with E-state index < -0.39 is 27.6 Å². The zero-order valence-electron chi connectivity index (χ0n) is 14.8. The highest BCUT2D eigenvalue weighted by Gasteiger charge is 2.19. The number of rotatable bonds is 8. The van der Waals surface area contributed by atoms with Gasteiger partial charge < -0.3 is 5.32 Å². The first-order valence-corrected chi connectivity index (χ1v) is 10.5. The third-order valence-electron chi connectivity index (χ3n) is 4.33. The number of benzene rings is 1. The van der Waals surface area contributed by atoms with E-state index in [4.69, 9.17) is 0 Å². The van der Waals surface area contributed by atoms with Gasteiger partial charge in [-0.15, -0.1) is 0 Å². The van der Waals surface area contributed by atoms with Gasteiger partial charge in [-0.05, 0) is 44.2 Å². The Labute approximate surface area is 153 Å². The highest BCUT2D eigenvalue weighted by Crippen LogP contribution is 2.21. The summed E-state index contributed by atoms with van der Waals surface area (Å²) in [5.74, 6) is -2.51. The van der Waals surface area contributed by atoms with Crippen LogP contribution >= 0.6 is 0 Å². The molecule has 0 bridgehead atoms. The maximum atomic E-state index is 13.2. The van der Waals surface area contributed by atoms with Crippen molar-refractivity contribution in [1.29, 1.82) is 0 Å². The molecule has 8 heteroatoms. The third-order valence-corrected chi connectivity index (χ3v) is 5.63. The molecule has 0 fully saturated rings. The summed E-state index contributed by atoms with van der Waals surface area (Å²) in [6, 6.07) is 3.06. The molecule has 0 radical (unpaired) electrons. The Hall–Kier alpha value is -1.80. The van der Waals surface area contributed by atoms with Crippen molar-refractivity contribution in [2.45, 2.75) is 38.5 Å². The van der Waals surface area contributed by atoms with E-state index in [9.17, 15) is 22.0 Å². The van der Waals surface area contributed by atoms with Gasteiger partial charge in [0.2, 0.25) is 15.9 Å². The number of hydrogen-bond acceptors (Lipinski definition) is 3. The molecule has 1 aliphatic carbocycles. The van der Waals surface area contributed by atoms with Crippen molar-refractivity contribution >= 4 is 21.6 Å². The predicted molar refractivity (Wildman–Crippen MR) is 97.2 cm³/mol. The van der Waals surface area contributed by atoms with Gasteiger partial charge in [-0.1, -0.05) is 11.6 Å². The Morgan fingerprint density at radius 3 is 2.58 bits per heavy atom. The van der Waals surface area contributed by atoms with Gasteiger partial charge >= 0.3 is 0 Å². The largest absolute Gasteiger partial charge is 0.326 e. The van der Waals surface area contributed by atoms with Gasteiger partial charge in [-0.2, -0.15) is 0 Å². The second-order valence-electron chi connectivity index (χ2n) is 6.45. The minimum absolute atomic E-state index is 0.0433. The molecular weight excluding hydrogens is 362 g/mol. The normalized spacial score (nSPS) is 15.0. The summed E-state index contributed by atoms with van der Waals surface area (Å²) in [5, 5.41) is 2.44. The fourth-order valence-electron chi connectivity index (χ4n) is 2.87. The molecule has 1 aromatic rings. The number of hydrogen-bond donors (Lipinski definition) is 1.